The average Bonchev–Trinajstić information content (AvgIpc) is 2.71. The molecule has 0 radical (unpaired) electrons. The van der Waals surface area contributed by atoms with Crippen molar-refractivity contribution in [1.82, 2.24) is 5.32 Å². The predicted octanol–water partition coefficient (Wildman–Crippen LogP) is 2.11. The van der Waals surface area contributed by atoms with Gasteiger partial charge in [0.1, 0.15) is 6.04 Å². The Labute approximate surface area is 92.6 Å². The summed E-state index contributed by atoms with van der Waals surface area (Å²) in [5.41, 5.74) is 0. The molecular weight excluding hydrogens is 190 g/mol. The van der Waals surface area contributed by atoms with Gasteiger partial charge in [0.2, 0.25) is 0 Å². The maximum absolute atomic E-state index is 11.3. The normalized spacial score (nSPS) is 19.1. The van der Waals surface area contributed by atoms with E-state index in [4.69, 9.17) is 4.74 Å². The van der Waals surface area contributed by atoms with Crippen molar-refractivity contribution < 1.29 is 9.53 Å². The Morgan fingerprint density at radius 1 is 1.47 bits per heavy atom. The van der Waals surface area contributed by atoms with Gasteiger partial charge in [-0.25, -0.2) is 0 Å². The van der Waals surface area contributed by atoms with Crippen molar-refractivity contribution >= 4 is 5.97 Å². The summed E-state index contributed by atoms with van der Waals surface area (Å²) >= 11 is 0. The van der Waals surface area contributed by atoms with Gasteiger partial charge in [-0.2, -0.15) is 0 Å². The molecule has 1 unspecified atom stereocenters. The number of nitrogens with one attached hydrogen (secondary N) is 1. The monoisotopic (exact) mass is 213 g/mol. The second-order valence-electron chi connectivity index (χ2n) is 4.37. The van der Waals surface area contributed by atoms with Crippen LogP contribution in [0.2, 0.25) is 0 Å². The number of esters is 1. The van der Waals surface area contributed by atoms with Crippen LogP contribution < -0.4 is 5.32 Å². The Bertz CT molecular complexity index is 188. The highest BCUT2D eigenvalue weighted by molar-refractivity contribution is 5.75. The number of ether oxygens (including phenoxy) is 1. The Hall–Kier alpha value is -0.570. The lowest BCUT2D eigenvalue weighted by atomic mass is 10.0. The molecule has 0 spiro atoms. The van der Waals surface area contributed by atoms with Gasteiger partial charge in [-0.05, 0) is 32.7 Å². The Morgan fingerprint density at radius 2 is 2.13 bits per heavy atom. The lowest BCUT2D eigenvalue weighted by molar-refractivity contribution is -0.145. The van der Waals surface area contributed by atoms with E-state index < -0.39 is 0 Å². The molecule has 0 aromatic heterocycles. The van der Waals surface area contributed by atoms with E-state index in [1.165, 1.54) is 32.1 Å². The summed E-state index contributed by atoms with van der Waals surface area (Å²) in [7, 11) is 0. The lowest BCUT2D eigenvalue weighted by Gasteiger charge is -2.14. The minimum atomic E-state index is -0.161. The van der Waals surface area contributed by atoms with Crippen molar-refractivity contribution in [2.45, 2.75) is 52.0 Å². The molecular formula is C12H23NO2. The summed E-state index contributed by atoms with van der Waals surface area (Å²) in [5, 5.41) is 3.22. The van der Waals surface area contributed by atoms with E-state index in [2.05, 4.69) is 5.32 Å². The Kier molecular flexibility index (Phi) is 5.69. The van der Waals surface area contributed by atoms with Gasteiger partial charge in [-0.3, -0.25) is 4.79 Å². The van der Waals surface area contributed by atoms with Crippen LogP contribution in [0.25, 0.3) is 0 Å². The van der Waals surface area contributed by atoms with Crippen LogP contribution in [0.3, 0.4) is 0 Å². The minimum absolute atomic E-state index is 0.135. The third kappa shape index (κ3) is 4.65. The van der Waals surface area contributed by atoms with E-state index in [-0.39, 0.29) is 12.0 Å². The Balaban J connectivity index is 2.05. The van der Waals surface area contributed by atoms with Crippen molar-refractivity contribution in [3.63, 3.8) is 0 Å². The lowest BCUT2D eigenvalue weighted by Crippen LogP contribution is -2.36. The molecule has 0 saturated heterocycles. The SMILES string of the molecule is CCOC(=O)C(C)NCCC1CCCC1. The van der Waals surface area contributed by atoms with Crippen LogP contribution in [-0.2, 0) is 9.53 Å². The first-order valence-electron chi connectivity index (χ1n) is 6.14. The molecule has 0 bridgehead atoms. The first-order valence-corrected chi connectivity index (χ1v) is 6.14. The van der Waals surface area contributed by atoms with Gasteiger partial charge >= 0.3 is 5.97 Å². The van der Waals surface area contributed by atoms with E-state index in [0.29, 0.717) is 6.61 Å². The summed E-state index contributed by atoms with van der Waals surface area (Å²) in [6.07, 6.45) is 6.71. The van der Waals surface area contributed by atoms with Crippen molar-refractivity contribution in [2.75, 3.05) is 13.2 Å². The largest absolute Gasteiger partial charge is 0.465 e. The fraction of sp³-hybridized carbons (Fsp3) is 0.917. The van der Waals surface area contributed by atoms with Gasteiger partial charge < -0.3 is 10.1 Å². The standard InChI is InChI=1S/C12H23NO2/c1-3-15-12(14)10(2)13-9-8-11-6-4-5-7-11/h10-11,13H,3-9H2,1-2H3. The molecule has 0 aromatic rings. The first kappa shape index (κ1) is 12.5. The molecule has 1 rings (SSSR count). The molecule has 3 nitrogen and oxygen atoms in total. The predicted molar refractivity (Wildman–Crippen MR) is 60.7 cm³/mol. The van der Waals surface area contributed by atoms with Crippen LogP contribution >= 0.6 is 0 Å². The second kappa shape index (κ2) is 6.83. The molecule has 1 saturated carbocycles. The van der Waals surface area contributed by atoms with Gasteiger partial charge in [0.05, 0.1) is 6.61 Å². The quantitative estimate of drug-likeness (QED) is 0.687. The molecule has 0 aliphatic heterocycles. The fourth-order valence-electron chi connectivity index (χ4n) is 2.15. The summed E-state index contributed by atoms with van der Waals surface area (Å²) in [4.78, 5) is 11.3. The van der Waals surface area contributed by atoms with Crippen molar-refractivity contribution in [1.29, 1.82) is 0 Å². The highest BCUT2D eigenvalue weighted by atomic mass is 16.5. The van der Waals surface area contributed by atoms with Crippen LogP contribution in [-0.4, -0.2) is 25.2 Å². The van der Waals surface area contributed by atoms with Crippen LogP contribution in [0, 0.1) is 5.92 Å². The maximum atomic E-state index is 11.3. The molecule has 1 aliphatic carbocycles. The second-order valence-corrected chi connectivity index (χ2v) is 4.37. The number of hydrogen-bond acceptors (Lipinski definition) is 3. The molecule has 88 valence electrons. The van der Waals surface area contributed by atoms with E-state index in [9.17, 15) is 4.79 Å². The molecule has 3 heteroatoms. The van der Waals surface area contributed by atoms with Crippen LogP contribution in [0.4, 0.5) is 0 Å². The number of hydrogen-bond donors (Lipinski definition) is 1. The molecule has 1 aliphatic rings. The molecule has 0 aromatic carbocycles. The summed E-state index contributed by atoms with van der Waals surface area (Å²) in [5.74, 6) is 0.746. The van der Waals surface area contributed by atoms with E-state index in [1.807, 2.05) is 13.8 Å². The maximum Gasteiger partial charge on any atom is 0.322 e. The van der Waals surface area contributed by atoms with Crippen molar-refractivity contribution in [3.8, 4) is 0 Å². The average molecular weight is 213 g/mol. The van der Waals surface area contributed by atoms with Gasteiger partial charge in [0.15, 0.2) is 0 Å². The molecule has 1 atom stereocenters. The molecule has 1 fully saturated rings. The summed E-state index contributed by atoms with van der Waals surface area (Å²) in [6, 6.07) is -0.161. The van der Waals surface area contributed by atoms with Crippen molar-refractivity contribution in [3.05, 3.63) is 0 Å². The van der Waals surface area contributed by atoms with Gasteiger partial charge in [0, 0.05) is 0 Å². The summed E-state index contributed by atoms with van der Waals surface area (Å²) in [6.45, 7) is 5.11. The van der Waals surface area contributed by atoms with E-state index in [1.54, 1.807) is 0 Å². The highest BCUT2D eigenvalue weighted by Gasteiger charge is 2.16. The minimum Gasteiger partial charge on any atom is -0.465 e. The Morgan fingerprint density at radius 3 is 2.73 bits per heavy atom. The zero-order valence-corrected chi connectivity index (χ0v) is 9.92. The van der Waals surface area contributed by atoms with Gasteiger partial charge in [-0.15, -0.1) is 0 Å². The van der Waals surface area contributed by atoms with Gasteiger partial charge in [0.25, 0.3) is 0 Å². The topological polar surface area (TPSA) is 38.3 Å². The molecule has 0 amide bonds. The number of carbonyl (C=O) groups excluding carboxylic acids is 1. The smallest absolute Gasteiger partial charge is 0.322 e. The number of rotatable bonds is 6. The van der Waals surface area contributed by atoms with E-state index >= 15 is 0 Å². The third-order valence-electron chi connectivity index (χ3n) is 3.12. The summed E-state index contributed by atoms with van der Waals surface area (Å²) < 4.78 is 4.92. The highest BCUT2D eigenvalue weighted by Crippen LogP contribution is 2.26. The zero-order valence-electron chi connectivity index (χ0n) is 9.92. The molecule has 0 heterocycles. The fourth-order valence-corrected chi connectivity index (χ4v) is 2.15. The van der Waals surface area contributed by atoms with Crippen molar-refractivity contribution in [2.24, 2.45) is 5.92 Å². The van der Waals surface area contributed by atoms with Crippen LogP contribution in [0.1, 0.15) is 46.0 Å². The van der Waals surface area contributed by atoms with Crippen LogP contribution in [0.5, 0.6) is 0 Å². The van der Waals surface area contributed by atoms with Gasteiger partial charge in [-0.1, -0.05) is 25.7 Å². The van der Waals surface area contributed by atoms with Crippen LogP contribution in [0.15, 0.2) is 0 Å². The molecule has 1 N–H and O–H groups in total. The first-order chi connectivity index (χ1) is 7.24. The van der Waals surface area contributed by atoms with E-state index in [0.717, 1.165) is 12.5 Å². The zero-order chi connectivity index (χ0) is 11.1. The molecule has 15 heavy (non-hydrogen) atoms. The number of carbonyl (C=O) groups is 1. The third-order valence-corrected chi connectivity index (χ3v) is 3.12.